The Morgan fingerprint density at radius 1 is 1.00 bits per heavy atom. The summed E-state index contributed by atoms with van der Waals surface area (Å²) < 4.78 is 25.6. The van der Waals surface area contributed by atoms with Gasteiger partial charge in [0.25, 0.3) is 0 Å². The van der Waals surface area contributed by atoms with Crippen molar-refractivity contribution in [2.45, 2.75) is 35.3 Å². The SMILES string of the molecule is C[C@H](Cc1ccc(S(=O)(=O)c2ccc(C(=O)O)cc2)cc1)NC[C@H](O)c1cccc(Cl)c1. The monoisotopic (exact) mass is 473 g/mol. The van der Waals surface area contributed by atoms with Crippen molar-refractivity contribution in [1.29, 1.82) is 0 Å². The highest BCUT2D eigenvalue weighted by Gasteiger charge is 2.18. The van der Waals surface area contributed by atoms with Crippen molar-refractivity contribution in [3.63, 3.8) is 0 Å². The smallest absolute Gasteiger partial charge is 0.335 e. The largest absolute Gasteiger partial charge is 0.478 e. The maximum absolute atomic E-state index is 12.8. The molecule has 0 aromatic heterocycles. The number of aromatic carboxylic acids is 1. The third kappa shape index (κ3) is 5.95. The maximum Gasteiger partial charge on any atom is 0.335 e. The zero-order valence-electron chi connectivity index (χ0n) is 17.4. The molecule has 0 aliphatic heterocycles. The van der Waals surface area contributed by atoms with Gasteiger partial charge in [-0.3, -0.25) is 0 Å². The highest BCUT2D eigenvalue weighted by atomic mass is 35.5. The number of carboxylic acids is 1. The molecule has 0 amide bonds. The molecule has 0 fully saturated rings. The third-order valence-corrected chi connectivity index (χ3v) is 7.10. The minimum atomic E-state index is -3.73. The molecule has 168 valence electrons. The minimum absolute atomic E-state index is 0.0289. The van der Waals surface area contributed by atoms with Gasteiger partial charge in [0.2, 0.25) is 9.84 Å². The number of halogens is 1. The molecule has 0 bridgehead atoms. The Hall–Kier alpha value is -2.71. The number of nitrogens with one attached hydrogen (secondary N) is 1. The van der Waals surface area contributed by atoms with Gasteiger partial charge in [-0.1, -0.05) is 35.9 Å². The zero-order valence-corrected chi connectivity index (χ0v) is 19.0. The molecule has 3 rings (SSSR count). The molecule has 6 nitrogen and oxygen atoms in total. The van der Waals surface area contributed by atoms with Crippen molar-refractivity contribution in [2.75, 3.05) is 6.54 Å². The van der Waals surface area contributed by atoms with Crippen LogP contribution in [0.25, 0.3) is 0 Å². The van der Waals surface area contributed by atoms with E-state index in [2.05, 4.69) is 5.32 Å². The first kappa shape index (κ1) is 23.9. The third-order valence-electron chi connectivity index (χ3n) is 5.08. The van der Waals surface area contributed by atoms with Crippen molar-refractivity contribution in [3.05, 3.63) is 94.5 Å². The van der Waals surface area contributed by atoms with E-state index in [-0.39, 0.29) is 21.4 Å². The van der Waals surface area contributed by atoms with Crippen molar-refractivity contribution in [3.8, 4) is 0 Å². The molecular weight excluding hydrogens is 450 g/mol. The van der Waals surface area contributed by atoms with Crippen molar-refractivity contribution < 1.29 is 23.4 Å². The van der Waals surface area contributed by atoms with Gasteiger partial charge in [-0.2, -0.15) is 0 Å². The van der Waals surface area contributed by atoms with E-state index in [0.717, 1.165) is 11.1 Å². The van der Waals surface area contributed by atoms with Crippen molar-refractivity contribution in [1.82, 2.24) is 5.32 Å². The Balaban J connectivity index is 1.60. The normalized spacial score (nSPS) is 13.5. The molecule has 8 heteroatoms. The van der Waals surface area contributed by atoms with E-state index >= 15 is 0 Å². The van der Waals surface area contributed by atoms with Gasteiger partial charge in [0.15, 0.2) is 0 Å². The van der Waals surface area contributed by atoms with E-state index in [1.165, 1.54) is 24.3 Å². The zero-order chi connectivity index (χ0) is 23.3. The molecule has 0 saturated heterocycles. The van der Waals surface area contributed by atoms with Crippen LogP contribution in [0, 0.1) is 0 Å². The molecule has 0 heterocycles. The van der Waals surface area contributed by atoms with Crippen LogP contribution in [0.15, 0.2) is 82.6 Å². The number of hydrogen-bond donors (Lipinski definition) is 3. The van der Waals surface area contributed by atoms with Crippen LogP contribution in [0.2, 0.25) is 5.02 Å². The number of rotatable bonds is 9. The lowest BCUT2D eigenvalue weighted by Gasteiger charge is -2.18. The average molecular weight is 474 g/mol. The summed E-state index contributed by atoms with van der Waals surface area (Å²) in [6.07, 6.45) is -0.0354. The van der Waals surface area contributed by atoms with Gasteiger partial charge in [-0.15, -0.1) is 0 Å². The number of sulfone groups is 1. The van der Waals surface area contributed by atoms with Crippen LogP contribution in [-0.4, -0.2) is 37.2 Å². The fraction of sp³-hybridized carbons (Fsp3) is 0.208. The van der Waals surface area contributed by atoms with Crippen molar-refractivity contribution >= 4 is 27.4 Å². The predicted octanol–water partition coefficient (Wildman–Crippen LogP) is 4.13. The fourth-order valence-corrected chi connectivity index (χ4v) is 4.75. The van der Waals surface area contributed by atoms with Gasteiger partial charge in [-0.05, 0) is 73.0 Å². The van der Waals surface area contributed by atoms with Crippen LogP contribution in [-0.2, 0) is 16.3 Å². The fourth-order valence-electron chi connectivity index (χ4n) is 3.29. The van der Waals surface area contributed by atoms with Gasteiger partial charge in [0.1, 0.15) is 0 Å². The summed E-state index contributed by atoms with van der Waals surface area (Å²) in [6, 6.07) is 18.9. The van der Waals surface area contributed by atoms with E-state index in [1.807, 2.05) is 13.0 Å². The second-order valence-corrected chi connectivity index (χ2v) is 9.95. The lowest BCUT2D eigenvalue weighted by atomic mass is 10.1. The summed E-state index contributed by atoms with van der Waals surface area (Å²) in [5.41, 5.74) is 1.71. The molecule has 0 aliphatic rings. The van der Waals surface area contributed by atoms with Gasteiger partial charge in [0, 0.05) is 17.6 Å². The van der Waals surface area contributed by atoms with E-state index in [9.17, 15) is 18.3 Å². The van der Waals surface area contributed by atoms with Gasteiger partial charge in [-0.25, -0.2) is 13.2 Å². The van der Waals surface area contributed by atoms with E-state index < -0.39 is 21.9 Å². The van der Waals surface area contributed by atoms with E-state index in [0.29, 0.717) is 18.0 Å². The Morgan fingerprint density at radius 2 is 1.59 bits per heavy atom. The van der Waals surface area contributed by atoms with E-state index in [4.69, 9.17) is 16.7 Å². The molecule has 0 aliphatic carbocycles. The number of carbonyl (C=O) groups is 1. The van der Waals surface area contributed by atoms with Crippen LogP contribution in [0.1, 0.15) is 34.5 Å². The molecule has 3 aromatic rings. The molecule has 0 unspecified atom stereocenters. The van der Waals surface area contributed by atoms with Crippen LogP contribution in [0.4, 0.5) is 0 Å². The Kier molecular flexibility index (Phi) is 7.69. The molecule has 32 heavy (non-hydrogen) atoms. The van der Waals surface area contributed by atoms with Gasteiger partial charge < -0.3 is 15.5 Å². The summed E-state index contributed by atoms with van der Waals surface area (Å²) in [6.45, 7) is 2.35. The standard InChI is InChI=1S/C24H24ClNO5S/c1-16(26-15-23(27)19-3-2-4-20(25)14-19)13-17-5-9-21(10-6-17)32(30,31)22-11-7-18(8-12-22)24(28)29/h2-12,14,16,23,26-27H,13,15H2,1H3,(H,28,29)/t16-,23+/m1/s1. The maximum atomic E-state index is 12.8. The summed E-state index contributed by atoms with van der Waals surface area (Å²) in [5, 5.41) is 23.1. The number of aliphatic hydroxyl groups is 1. The molecule has 2 atom stereocenters. The van der Waals surface area contributed by atoms with Crippen molar-refractivity contribution in [2.24, 2.45) is 0 Å². The number of carboxylic acid groups (broad SMARTS) is 1. The lowest BCUT2D eigenvalue weighted by molar-refractivity contribution is 0.0696. The second kappa shape index (κ2) is 10.3. The Morgan fingerprint density at radius 3 is 2.16 bits per heavy atom. The topological polar surface area (TPSA) is 104 Å². The first-order chi connectivity index (χ1) is 15.2. The summed E-state index contributed by atoms with van der Waals surface area (Å²) in [5.74, 6) is -1.11. The van der Waals surface area contributed by atoms with Gasteiger partial charge in [0.05, 0.1) is 21.5 Å². The van der Waals surface area contributed by atoms with Crippen LogP contribution in [0.5, 0.6) is 0 Å². The first-order valence-corrected chi connectivity index (χ1v) is 11.9. The Bertz CT molecular complexity index is 1180. The molecule has 0 radical (unpaired) electrons. The number of aliphatic hydroxyl groups excluding tert-OH is 1. The number of benzene rings is 3. The molecule has 0 spiro atoms. The van der Waals surface area contributed by atoms with Gasteiger partial charge >= 0.3 is 5.97 Å². The van der Waals surface area contributed by atoms with Crippen LogP contribution >= 0.6 is 11.6 Å². The highest BCUT2D eigenvalue weighted by molar-refractivity contribution is 7.91. The molecular formula is C24H24ClNO5S. The quantitative estimate of drug-likeness (QED) is 0.432. The summed E-state index contributed by atoms with van der Waals surface area (Å²) in [7, 11) is -3.73. The molecule has 3 aromatic carbocycles. The summed E-state index contributed by atoms with van der Waals surface area (Å²) in [4.78, 5) is 11.1. The average Bonchev–Trinajstić information content (AvgIpc) is 2.78. The number of hydrogen-bond acceptors (Lipinski definition) is 5. The van der Waals surface area contributed by atoms with Crippen LogP contribution in [0.3, 0.4) is 0 Å². The second-order valence-electron chi connectivity index (χ2n) is 7.56. The first-order valence-electron chi connectivity index (χ1n) is 10.0. The molecule has 3 N–H and O–H groups in total. The predicted molar refractivity (Wildman–Crippen MR) is 123 cm³/mol. The van der Waals surface area contributed by atoms with E-state index in [1.54, 1.807) is 42.5 Å². The molecule has 0 saturated carbocycles. The summed E-state index contributed by atoms with van der Waals surface area (Å²) >= 11 is 5.96. The Labute approximate surface area is 192 Å². The highest BCUT2D eigenvalue weighted by Crippen LogP contribution is 2.22. The van der Waals surface area contributed by atoms with Crippen LogP contribution < -0.4 is 5.32 Å². The lowest BCUT2D eigenvalue weighted by Crippen LogP contribution is -2.32. The minimum Gasteiger partial charge on any atom is -0.478 e.